The van der Waals surface area contributed by atoms with Crippen LogP contribution in [-0.4, -0.2) is 67.5 Å². The van der Waals surface area contributed by atoms with Crippen LogP contribution in [0.5, 0.6) is 0 Å². The average Bonchev–Trinajstić information content (AvgIpc) is 2.88. The smallest absolute Gasteiger partial charge is 0.217 e. The molecule has 2 unspecified atom stereocenters. The first-order chi connectivity index (χ1) is 10.6. The molecular weight excluding hydrogens is 278 g/mol. The summed E-state index contributed by atoms with van der Waals surface area (Å²) in [4.78, 5) is 20.7. The first-order valence-corrected chi connectivity index (χ1v) is 8.62. The molecule has 2 aliphatic rings. The lowest BCUT2D eigenvalue weighted by Crippen LogP contribution is -2.47. The van der Waals surface area contributed by atoms with Gasteiger partial charge in [0.2, 0.25) is 5.91 Å². The number of hydrogen-bond acceptors (Lipinski definition) is 3. The van der Waals surface area contributed by atoms with Crippen molar-refractivity contribution in [1.29, 1.82) is 0 Å². The molecule has 2 fully saturated rings. The highest BCUT2D eigenvalue weighted by molar-refractivity contribution is 5.80. The lowest BCUT2D eigenvalue weighted by atomic mass is 9.95. The molecule has 6 heteroatoms. The highest BCUT2D eigenvalue weighted by Crippen LogP contribution is 2.20. The van der Waals surface area contributed by atoms with Crippen molar-refractivity contribution in [2.24, 2.45) is 16.6 Å². The number of likely N-dealkylation sites (tertiary alicyclic amines) is 2. The minimum absolute atomic E-state index is 0.193. The number of hydrogen-bond donors (Lipinski definition) is 2. The van der Waals surface area contributed by atoms with E-state index in [-0.39, 0.29) is 5.91 Å². The molecule has 0 aliphatic carbocycles. The van der Waals surface area contributed by atoms with Crippen molar-refractivity contribution in [3.8, 4) is 0 Å². The van der Waals surface area contributed by atoms with E-state index in [9.17, 15) is 4.79 Å². The zero-order chi connectivity index (χ0) is 15.9. The Bertz CT molecular complexity index is 398. The van der Waals surface area contributed by atoms with E-state index in [1.807, 2.05) is 0 Å². The Kier molecular flexibility index (Phi) is 6.49. The summed E-state index contributed by atoms with van der Waals surface area (Å²) in [5, 5.41) is 3.41. The third-order valence-electron chi connectivity index (χ3n) is 4.77. The Hall–Kier alpha value is -1.30. The highest BCUT2D eigenvalue weighted by Gasteiger charge is 2.25. The number of piperidine rings is 1. The molecule has 0 aromatic rings. The summed E-state index contributed by atoms with van der Waals surface area (Å²) < 4.78 is 0. The van der Waals surface area contributed by atoms with Crippen molar-refractivity contribution in [2.45, 2.75) is 45.1 Å². The molecular formula is C16H31N5O. The van der Waals surface area contributed by atoms with Gasteiger partial charge in [0, 0.05) is 32.1 Å². The first kappa shape index (κ1) is 17.1. The second kappa shape index (κ2) is 8.36. The van der Waals surface area contributed by atoms with E-state index in [1.54, 1.807) is 0 Å². The predicted molar refractivity (Wildman–Crippen MR) is 89.7 cm³/mol. The van der Waals surface area contributed by atoms with Crippen molar-refractivity contribution in [3.63, 3.8) is 0 Å². The molecule has 2 heterocycles. The summed E-state index contributed by atoms with van der Waals surface area (Å²) in [5.74, 6) is 1.17. The zero-order valence-corrected chi connectivity index (χ0v) is 14.1. The molecule has 0 bridgehead atoms. The molecule has 2 rings (SSSR count). The van der Waals surface area contributed by atoms with Crippen LogP contribution in [0.25, 0.3) is 0 Å². The average molecular weight is 309 g/mol. The van der Waals surface area contributed by atoms with Gasteiger partial charge in [0.15, 0.2) is 5.96 Å². The summed E-state index contributed by atoms with van der Waals surface area (Å²) >= 11 is 0. The van der Waals surface area contributed by atoms with Gasteiger partial charge in [0.05, 0.1) is 6.54 Å². The van der Waals surface area contributed by atoms with Gasteiger partial charge in [-0.25, -0.2) is 0 Å². The number of aliphatic imine (C=N–C) groups is 1. The first-order valence-electron chi connectivity index (χ1n) is 8.62. The van der Waals surface area contributed by atoms with E-state index in [1.165, 1.54) is 19.4 Å². The molecule has 6 nitrogen and oxygen atoms in total. The van der Waals surface area contributed by atoms with Gasteiger partial charge in [-0.3, -0.25) is 9.79 Å². The topological polar surface area (TPSA) is 74.0 Å². The fraction of sp³-hybridized carbons (Fsp3) is 0.875. The molecule has 0 aromatic carbocycles. The van der Waals surface area contributed by atoms with E-state index in [4.69, 9.17) is 10.7 Å². The fourth-order valence-electron chi connectivity index (χ4n) is 3.54. The monoisotopic (exact) mass is 309 g/mol. The summed E-state index contributed by atoms with van der Waals surface area (Å²) in [6, 6.07) is 0.569. The van der Waals surface area contributed by atoms with Crippen molar-refractivity contribution in [2.75, 3.05) is 39.8 Å². The Balaban J connectivity index is 1.95. The fourth-order valence-corrected chi connectivity index (χ4v) is 3.54. The number of nitrogens with one attached hydrogen (secondary N) is 1. The number of carbonyl (C=O) groups excluding carboxylic acids is 1. The number of carbonyl (C=O) groups is 1. The normalized spacial score (nSPS) is 27.2. The number of rotatable bonds is 5. The van der Waals surface area contributed by atoms with Crippen LogP contribution in [0.15, 0.2) is 4.99 Å². The molecule has 0 saturated carbocycles. The van der Waals surface area contributed by atoms with E-state index < -0.39 is 0 Å². The van der Waals surface area contributed by atoms with Gasteiger partial charge in [0.1, 0.15) is 0 Å². The van der Waals surface area contributed by atoms with Crippen LogP contribution < -0.4 is 11.1 Å². The molecule has 22 heavy (non-hydrogen) atoms. The summed E-state index contributed by atoms with van der Waals surface area (Å²) in [7, 11) is 2.18. The molecule has 1 amide bonds. The zero-order valence-electron chi connectivity index (χ0n) is 14.1. The summed E-state index contributed by atoms with van der Waals surface area (Å²) in [5.41, 5.74) is 5.35. The van der Waals surface area contributed by atoms with Gasteiger partial charge in [-0.05, 0) is 52.1 Å². The maximum atomic E-state index is 11.2. The Morgan fingerprint density at radius 3 is 2.73 bits per heavy atom. The van der Waals surface area contributed by atoms with Gasteiger partial charge in [-0.1, -0.05) is 0 Å². The van der Waals surface area contributed by atoms with E-state index in [0.717, 1.165) is 45.0 Å². The second-order valence-electron chi connectivity index (χ2n) is 6.60. The Morgan fingerprint density at radius 2 is 2.09 bits per heavy atom. The molecule has 0 spiro atoms. The van der Waals surface area contributed by atoms with Crippen LogP contribution in [0, 0.1) is 5.92 Å². The van der Waals surface area contributed by atoms with Gasteiger partial charge >= 0.3 is 0 Å². The minimum atomic E-state index is -0.193. The van der Waals surface area contributed by atoms with Crippen LogP contribution >= 0.6 is 0 Å². The third-order valence-corrected chi connectivity index (χ3v) is 4.77. The van der Waals surface area contributed by atoms with Gasteiger partial charge < -0.3 is 20.9 Å². The Labute approximate surface area is 134 Å². The molecule has 2 aliphatic heterocycles. The summed E-state index contributed by atoms with van der Waals surface area (Å²) in [6.45, 7) is 6.91. The van der Waals surface area contributed by atoms with E-state index in [0.29, 0.717) is 18.4 Å². The van der Waals surface area contributed by atoms with Crippen LogP contribution in [0.4, 0.5) is 0 Å². The molecule has 126 valence electrons. The standard InChI is InChI=1S/C16H31N5O/c1-3-18-16(19-11-14-7-5-8-20(14)2)21-9-4-6-13(12-21)10-15(17)22/h13-14H,3-12H2,1-2H3,(H2,17,22)(H,18,19). The maximum absolute atomic E-state index is 11.2. The largest absolute Gasteiger partial charge is 0.370 e. The van der Waals surface area contributed by atoms with Crippen LogP contribution in [0.2, 0.25) is 0 Å². The number of nitrogens with zero attached hydrogens (tertiary/aromatic N) is 3. The van der Waals surface area contributed by atoms with Crippen LogP contribution in [0.1, 0.15) is 39.0 Å². The van der Waals surface area contributed by atoms with Crippen molar-refractivity contribution < 1.29 is 4.79 Å². The highest BCUT2D eigenvalue weighted by atomic mass is 16.1. The minimum Gasteiger partial charge on any atom is -0.370 e. The summed E-state index contributed by atoms with van der Waals surface area (Å²) in [6.07, 6.45) is 5.19. The number of amides is 1. The molecule has 0 aromatic heterocycles. The number of guanidine groups is 1. The predicted octanol–water partition coefficient (Wildman–Crippen LogP) is 0.634. The molecule has 3 N–H and O–H groups in total. The maximum Gasteiger partial charge on any atom is 0.217 e. The van der Waals surface area contributed by atoms with Crippen molar-refractivity contribution >= 4 is 11.9 Å². The molecule has 2 atom stereocenters. The van der Waals surface area contributed by atoms with Gasteiger partial charge in [-0.2, -0.15) is 0 Å². The quantitative estimate of drug-likeness (QED) is 0.577. The molecule has 2 saturated heterocycles. The lowest BCUT2D eigenvalue weighted by molar-refractivity contribution is -0.119. The van der Waals surface area contributed by atoms with Gasteiger partial charge in [-0.15, -0.1) is 0 Å². The third kappa shape index (κ3) is 4.87. The van der Waals surface area contributed by atoms with E-state index in [2.05, 4.69) is 29.1 Å². The van der Waals surface area contributed by atoms with Gasteiger partial charge in [0.25, 0.3) is 0 Å². The lowest BCUT2D eigenvalue weighted by Gasteiger charge is -2.35. The number of primary amides is 1. The molecule has 0 radical (unpaired) electrons. The number of nitrogens with two attached hydrogens (primary N) is 1. The second-order valence-corrected chi connectivity index (χ2v) is 6.60. The SMILES string of the molecule is CCNC(=NCC1CCCN1C)N1CCCC(CC(N)=O)C1. The van der Waals surface area contributed by atoms with Crippen molar-refractivity contribution in [3.05, 3.63) is 0 Å². The van der Waals surface area contributed by atoms with Crippen LogP contribution in [0.3, 0.4) is 0 Å². The van der Waals surface area contributed by atoms with Crippen molar-refractivity contribution in [1.82, 2.24) is 15.1 Å². The van der Waals surface area contributed by atoms with E-state index >= 15 is 0 Å². The Morgan fingerprint density at radius 1 is 1.32 bits per heavy atom. The number of likely N-dealkylation sites (N-methyl/N-ethyl adjacent to an activating group) is 1. The van der Waals surface area contributed by atoms with Crippen LogP contribution in [-0.2, 0) is 4.79 Å².